The molecule has 0 saturated heterocycles. The van der Waals surface area contributed by atoms with Gasteiger partial charge in [-0.15, -0.1) is 0 Å². The van der Waals surface area contributed by atoms with Gasteiger partial charge in [0.1, 0.15) is 17.6 Å². The van der Waals surface area contributed by atoms with E-state index >= 15 is 0 Å². The maximum absolute atomic E-state index is 12.0. The van der Waals surface area contributed by atoms with Crippen LogP contribution in [0.25, 0.3) is 10.9 Å². The lowest BCUT2D eigenvalue weighted by Crippen LogP contribution is -2.32. The number of nitriles is 1. The quantitative estimate of drug-likeness (QED) is 0.571. The van der Waals surface area contributed by atoms with Gasteiger partial charge in [0, 0.05) is 30.2 Å². The first kappa shape index (κ1) is 19.0. The molecule has 3 rings (SSSR count). The van der Waals surface area contributed by atoms with E-state index in [4.69, 9.17) is 4.74 Å². The number of ether oxygens (including phenoxy) is 1. The highest BCUT2D eigenvalue weighted by atomic mass is 16.5. The van der Waals surface area contributed by atoms with E-state index in [1.54, 1.807) is 31.4 Å². The van der Waals surface area contributed by atoms with Crippen LogP contribution < -0.4 is 20.7 Å². The third-order valence-corrected chi connectivity index (χ3v) is 4.12. The fourth-order valence-corrected chi connectivity index (χ4v) is 2.75. The third kappa shape index (κ3) is 4.68. The predicted molar refractivity (Wildman–Crippen MR) is 110 cm³/mol. The third-order valence-electron chi connectivity index (χ3n) is 4.12. The first-order valence-corrected chi connectivity index (χ1v) is 8.83. The van der Waals surface area contributed by atoms with Crippen molar-refractivity contribution in [2.45, 2.75) is 6.92 Å². The molecule has 0 aliphatic carbocycles. The fraction of sp³-hybridized carbons (Fsp3) is 0.190. The summed E-state index contributed by atoms with van der Waals surface area (Å²) in [6.07, 6.45) is 0. The number of fused-ring (bicyclic) bond motifs is 1. The number of nitrogens with one attached hydrogen (secondary N) is 3. The van der Waals surface area contributed by atoms with E-state index in [-0.39, 0.29) is 6.03 Å². The molecule has 0 atom stereocenters. The van der Waals surface area contributed by atoms with Crippen LogP contribution in [0.4, 0.5) is 16.3 Å². The molecule has 2 amide bonds. The Kier molecular flexibility index (Phi) is 5.92. The molecule has 0 fully saturated rings. The fourth-order valence-electron chi connectivity index (χ4n) is 2.75. The highest BCUT2D eigenvalue weighted by Gasteiger charge is 2.07. The van der Waals surface area contributed by atoms with E-state index < -0.39 is 0 Å². The van der Waals surface area contributed by atoms with Crippen molar-refractivity contribution in [1.82, 2.24) is 10.3 Å². The summed E-state index contributed by atoms with van der Waals surface area (Å²) >= 11 is 0. The Hall–Kier alpha value is -3.79. The van der Waals surface area contributed by atoms with Gasteiger partial charge >= 0.3 is 6.03 Å². The van der Waals surface area contributed by atoms with Crippen LogP contribution in [0.15, 0.2) is 48.5 Å². The lowest BCUT2D eigenvalue weighted by atomic mass is 10.1. The predicted octanol–water partition coefficient (Wildman–Crippen LogP) is 3.66. The first-order valence-electron chi connectivity index (χ1n) is 8.83. The molecule has 1 heterocycles. The highest BCUT2D eigenvalue weighted by molar-refractivity contribution is 5.89. The number of pyridine rings is 1. The molecule has 142 valence electrons. The van der Waals surface area contributed by atoms with Crippen LogP contribution in [0.5, 0.6) is 5.75 Å². The molecular weight excluding hydrogens is 354 g/mol. The van der Waals surface area contributed by atoms with E-state index in [0.29, 0.717) is 35.9 Å². The maximum Gasteiger partial charge on any atom is 0.319 e. The number of methoxy groups -OCH3 is 1. The zero-order chi connectivity index (χ0) is 19.9. The van der Waals surface area contributed by atoms with Crippen LogP contribution in [-0.4, -0.2) is 31.2 Å². The van der Waals surface area contributed by atoms with Gasteiger partial charge in [-0.25, -0.2) is 9.78 Å². The molecule has 0 unspecified atom stereocenters. The number of anilines is 2. The Morgan fingerprint density at radius 1 is 1.18 bits per heavy atom. The average molecular weight is 375 g/mol. The number of benzene rings is 2. The van der Waals surface area contributed by atoms with Crippen molar-refractivity contribution in [3.8, 4) is 11.8 Å². The molecule has 28 heavy (non-hydrogen) atoms. The van der Waals surface area contributed by atoms with E-state index in [9.17, 15) is 10.1 Å². The summed E-state index contributed by atoms with van der Waals surface area (Å²) < 4.78 is 5.13. The van der Waals surface area contributed by atoms with Gasteiger partial charge in [-0.05, 0) is 37.3 Å². The van der Waals surface area contributed by atoms with Gasteiger partial charge in [0.05, 0.1) is 18.2 Å². The lowest BCUT2D eigenvalue weighted by Gasteiger charge is -2.11. The molecule has 3 aromatic rings. The molecule has 7 nitrogen and oxygen atoms in total. The number of rotatable bonds is 6. The second-order valence-electron chi connectivity index (χ2n) is 6.23. The molecule has 0 spiro atoms. The molecule has 0 saturated carbocycles. The molecule has 7 heteroatoms. The number of nitrogens with zero attached hydrogens (tertiary/aromatic N) is 2. The van der Waals surface area contributed by atoms with Crippen molar-refractivity contribution in [2.75, 3.05) is 30.8 Å². The monoisotopic (exact) mass is 375 g/mol. The summed E-state index contributed by atoms with van der Waals surface area (Å²) in [6.45, 7) is 2.80. The summed E-state index contributed by atoms with van der Waals surface area (Å²) in [7, 11) is 1.57. The van der Waals surface area contributed by atoms with Gasteiger partial charge in [0.25, 0.3) is 0 Å². The van der Waals surface area contributed by atoms with Crippen molar-refractivity contribution < 1.29 is 9.53 Å². The molecule has 0 aliphatic rings. The summed E-state index contributed by atoms with van der Waals surface area (Å²) in [4.78, 5) is 16.5. The van der Waals surface area contributed by atoms with Crippen LogP contribution >= 0.6 is 0 Å². The van der Waals surface area contributed by atoms with Crippen LogP contribution in [0.1, 0.15) is 11.1 Å². The van der Waals surface area contributed by atoms with E-state index in [0.717, 1.165) is 16.5 Å². The maximum atomic E-state index is 12.0. The SMILES string of the molecule is COc1cccc(NC(=O)NCCNc2nc3ccc(C)cc3cc2C#N)c1. The molecule has 3 N–H and O–H groups in total. The second kappa shape index (κ2) is 8.73. The zero-order valence-electron chi connectivity index (χ0n) is 15.7. The van der Waals surface area contributed by atoms with Gasteiger partial charge in [-0.2, -0.15) is 5.26 Å². The Bertz CT molecular complexity index is 1040. The summed E-state index contributed by atoms with van der Waals surface area (Å²) in [5, 5.41) is 18.9. The van der Waals surface area contributed by atoms with Crippen molar-refractivity contribution >= 4 is 28.4 Å². The number of carbonyl (C=O) groups excluding carboxylic acids is 1. The highest BCUT2D eigenvalue weighted by Crippen LogP contribution is 2.21. The number of amides is 2. The number of aryl methyl sites for hydroxylation is 1. The number of urea groups is 1. The van der Waals surface area contributed by atoms with Gasteiger partial charge in [0.2, 0.25) is 0 Å². The normalized spacial score (nSPS) is 10.2. The van der Waals surface area contributed by atoms with Crippen LogP contribution in [-0.2, 0) is 0 Å². The Labute approximate surface area is 163 Å². The van der Waals surface area contributed by atoms with Crippen molar-refractivity contribution in [2.24, 2.45) is 0 Å². The van der Waals surface area contributed by atoms with Crippen LogP contribution in [0, 0.1) is 18.3 Å². The second-order valence-corrected chi connectivity index (χ2v) is 6.23. The largest absolute Gasteiger partial charge is 0.497 e. The van der Waals surface area contributed by atoms with Crippen LogP contribution in [0.3, 0.4) is 0 Å². The van der Waals surface area contributed by atoms with E-state index in [2.05, 4.69) is 27.0 Å². The minimum absolute atomic E-state index is 0.322. The van der Waals surface area contributed by atoms with Gasteiger partial charge in [0.15, 0.2) is 0 Å². The minimum atomic E-state index is -0.322. The Morgan fingerprint density at radius 2 is 2.04 bits per heavy atom. The smallest absolute Gasteiger partial charge is 0.319 e. The molecule has 1 aromatic heterocycles. The van der Waals surface area contributed by atoms with E-state index in [1.165, 1.54) is 0 Å². The van der Waals surface area contributed by atoms with Gasteiger partial charge in [-0.1, -0.05) is 17.7 Å². The minimum Gasteiger partial charge on any atom is -0.497 e. The zero-order valence-corrected chi connectivity index (χ0v) is 15.7. The number of carbonyl (C=O) groups is 1. The summed E-state index contributed by atoms with van der Waals surface area (Å²) in [5.41, 5.74) is 3.04. The molecule has 0 aliphatic heterocycles. The van der Waals surface area contributed by atoms with Gasteiger partial charge in [-0.3, -0.25) is 0 Å². The van der Waals surface area contributed by atoms with Crippen molar-refractivity contribution in [3.63, 3.8) is 0 Å². The number of aromatic nitrogens is 1. The molecular formula is C21H21N5O2. The first-order chi connectivity index (χ1) is 13.6. The Morgan fingerprint density at radius 3 is 2.82 bits per heavy atom. The average Bonchev–Trinajstić information content (AvgIpc) is 2.70. The van der Waals surface area contributed by atoms with Gasteiger partial charge < -0.3 is 20.7 Å². The standard InChI is InChI=1S/C21H21N5O2/c1-14-6-7-19-15(10-14)11-16(13-22)20(26-19)23-8-9-24-21(27)25-17-4-3-5-18(12-17)28-2/h3-7,10-12H,8-9H2,1-2H3,(H,23,26)(H2,24,25,27). The Balaban J connectivity index is 1.55. The summed E-state index contributed by atoms with van der Waals surface area (Å²) in [6, 6.07) is 16.7. The van der Waals surface area contributed by atoms with Crippen molar-refractivity contribution in [1.29, 1.82) is 5.26 Å². The summed E-state index contributed by atoms with van der Waals surface area (Å²) in [5.74, 6) is 1.18. The number of hydrogen-bond acceptors (Lipinski definition) is 5. The van der Waals surface area contributed by atoms with E-state index in [1.807, 2.05) is 31.2 Å². The molecule has 0 bridgehead atoms. The topological polar surface area (TPSA) is 99.1 Å². The molecule has 0 radical (unpaired) electrons. The number of hydrogen-bond donors (Lipinski definition) is 3. The van der Waals surface area contributed by atoms with Crippen LogP contribution in [0.2, 0.25) is 0 Å². The van der Waals surface area contributed by atoms with Crippen molar-refractivity contribution in [3.05, 3.63) is 59.7 Å². The lowest BCUT2D eigenvalue weighted by molar-refractivity contribution is 0.252. The molecule has 2 aromatic carbocycles.